The lowest BCUT2D eigenvalue weighted by Gasteiger charge is -2.30. The van der Waals surface area contributed by atoms with Gasteiger partial charge in [0.25, 0.3) is 5.56 Å². The van der Waals surface area contributed by atoms with Crippen molar-refractivity contribution in [3.05, 3.63) is 70.3 Å². The van der Waals surface area contributed by atoms with Gasteiger partial charge in [-0.25, -0.2) is 9.78 Å². The molecule has 0 fully saturated rings. The fourth-order valence-electron chi connectivity index (χ4n) is 3.27. The molecule has 1 heterocycles. The average Bonchev–Trinajstić information content (AvgIpc) is 2.76. The van der Waals surface area contributed by atoms with Crippen molar-refractivity contribution in [2.45, 2.75) is 13.0 Å². The maximum Gasteiger partial charge on any atom is 0.322 e. The number of fused-ring (bicyclic) bond motifs is 1. The third-order valence-corrected chi connectivity index (χ3v) is 4.90. The van der Waals surface area contributed by atoms with Crippen LogP contribution in [0.4, 0.5) is 10.5 Å². The quantitative estimate of drug-likeness (QED) is 0.679. The van der Waals surface area contributed by atoms with E-state index in [1.54, 1.807) is 61.5 Å². The molecule has 1 atom stereocenters. The van der Waals surface area contributed by atoms with Crippen LogP contribution in [-0.2, 0) is 11.8 Å². The molecule has 8 nitrogen and oxygen atoms in total. The summed E-state index contributed by atoms with van der Waals surface area (Å²) in [6.45, 7) is 2.43. The van der Waals surface area contributed by atoms with Gasteiger partial charge in [-0.05, 0) is 37.3 Å². The van der Waals surface area contributed by atoms with Crippen molar-refractivity contribution < 1.29 is 9.53 Å². The highest BCUT2D eigenvalue weighted by Gasteiger charge is 2.25. The summed E-state index contributed by atoms with van der Waals surface area (Å²) in [6, 6.07) is 15.0. The van der Waals surface area contributed by atoms with Gasteiger partial charge >= 0.3 is 6.03 Å². The van der Waals surface area contributed by atoms with Gasteiger partial charge in [0.2, 0.25) is 0 Å². The smallest absolute Gasteiger partial charge is 0.322 e. The molecule has 3 rings (SSSR count). The number of benzene rings is 2. The number of ether oxygens (including phenoxy) is 1. The molecular weight excluding hydrogens is 382 g/mol. The van der Waals surface area contributed by atoms with Gasteiger partial charge in [-0.3, -0.25) is 9.36 Å². The topological polar surface area (TPSA) is 100 Å². The number of nitrogens with zero attached hydrogens (tertiary/aromatic N) is 4. The van der Waals surface area contributed by atoms with E-state index in [9.17, 15) is 9.59 Å². The van der Waals surface area contributed by atoms with Gasteiger partial charge in [0.1, 0.15) is 5.82 Å². The largest absolute Gasteiger partial charge is 0.383 e. The lowest BCUT2D eigenvalue weighted by molar-refractivity contribution is 0.136. The van der Waals surface area contributed by atoms with Gasteiger partial charge < -0.3 is 15.0 Å². The summed E-state index contributed by atoms with van der Waals surface area (Å²) in [5.41, 5.74) is 1.37. The lowest BCUT2D eigenvalue weighted by atomic mass is 10.2. The third kappa shape index (κ3) is 4.31. The van der Waals surface area contributed by atoms with Gasteiger partial charge in [-0.2, -0.15) is 5.26 Å². The van der Waals surface area contributed by atoms with Crippen LogP contribution in [0.2, 0.25) is 0 Å². The van der Waals surface area contributed by atoms with E-state index in [0.29, 0.717) is 41.1 Å². The summed E-state index contributed by atoms with van der Waals surface area (Å²) in [4.78, 5) is 32.0. The molecule has 0 radical (unpaired) electrons. The third-order valence-electron chi connectivity index (χ3n) is 4.90. The first kappa shape index (κ1) is 21.0. The molecule has 0 aliphatic rings. The van der Waals surface area contributed by atoms with Crippen molar-refractivity contribution in [3.8, 4) is 6.07 Å². The molecule has 0 aliphatic carbocycles. The Kier molecular flexibility index (Phi) is 6.45. The predicted molar refractivity (Wildman–Crippen MR) is 114 cm³/mol. The van der Waals surface area contributed by atoms with Crippen molar-refractivity contribution in [2.75, 3.05) is 25.6 Å². The van der Waals surface area contributed by atoms with E-state index in [1.165, 1.54) is 4.57 Å². The van der Waals surface area contributed by atoms with Gasteiger partial charge in [-0.1, -0.05) is 18.2 Å². The molecule has 8 heteroatoms. The standard InChI is InChI=1S/C22H23N5O3/c1-15(20-25-19-10-5-4-9-18(19)21(28)26(20)2)27(11-12-30-3)22(29)24-17-8-6-7-16(13-17)14-23/h4-10,13,15H,11-12H2,1-3H3,(H,24,29). The zero-order valence-corrected chi connectivity index (χ0v) is 17.1. The maximum atomic E-state index is 13.1. The molecule has 154 valence electrons. The SMILES string of the molecule is COCCN(C(=O)Nc1cccc(C#N)c1)C(C)c1nc2ccccc2c(=O)n1C. The molecular formula is C22H23N5O3. The summed E-state index contributed by atoms with van der Waals surface area (Å²) in [6.07, 6.45) is 0. The molecule has 0 saturated carbocycles. The second-order valence-corrected chi connectivity index (χ2v) is 6.84. The minimum Gasteiger partial charge on any atom is -0.383 e. The van der Waals surface area contributed by atoms with E-state index in [4.69, 9.17) is 10.00 Å². The summed E-state index contributed by atoms with van der Waals surface area (Å²) in [5.74, 6) is 0.468. The normalized spacial score (nSPS) is 11.7. The number of amides is 2. The summed E-state index contributed by atoms with van der Waals surface area (Å²) < 4.78 is 6.63. The summed E-state index contributed by atoms with van der Waals surface area (Å²) >= 11 is 0. The first-order valence-corrected chi connectivity index (χ1v) is 9.48. The van der Waals surface area contributed by atoms with Crippen LogP contribution >= 0.6 is 0 Å². The highest BCUT2D eigenvalue weighted by Crippen LogP contribution is 2.21. The Morgan fingerprint density at radius 1 is 1.30 bits per heavy atom. The Morgan fingerprint density at radius 3 is 2.80 bits per heavy atom. The summed E-state index contributed by atoms with van der Waals surface area (Å²) in [7, 11) is 3.21. The van der Waals surface area contributed by atoms with E-state index >= 15 is 0 Å². The first-order chi connectivity index (χ1) is 14.5. The number of nitrogens with one attached hydrogen (secondary N) is 1. The highest BCUT2D eigenvalue weighted by molar-refractivity contribution is 5.89. The number of hydrogen-bond donors (Lipinski definition) is 1. The number of nitriles is 1. The Bertz CT molecular complexity index is 1170. The van der Waals surface area contributed by atoms with Gasteiger partial charge in [0.05, 0.1) is 35.2 Å². The minimum atomic E-state index is -0.499. The maximum absolute atomic E-state index is 13.1. The molecule has 30 heavy (non-hydrogen) atoms. The number of urea groups is 1. The van der Waals surface area contributed by atoms with E-state index in [0.717, 1.165) is 0 Å². The molecule has 2 amide bonds. The molecule has 0 aliphatic heterocycles. The molecule has 1 aromatic heterocycles. The Balaban J connectivity index is 1.96. The van der Waals surface area contributed by atoms with Gasteiger partial charge in [-0.15, -0.1) is 0 Å². The number of methoxy groups -OCH3 is 1. The fraction of sp³-hybridized carbons (Fsp3) is 0.273. The van der Waals surface area contributed by atoms with Crippen molar-refractivity contribution in [1.29, 1.82) is 5.26 Å². The van der Waals surface area contributed by atoms with Crippen LogP contribution in [0.5, 0.6) is 0 Å². The average molecular weight is 405 g/mol. The predicted octanol–water partition coefficient (Wildman–Crippen LogP) is 3.05. The molecule has 3 aromatic rings. The van der Waals surface area contributed by atoms with Crippen LogP contribution in [0.1, 0.15) is 24.4 Å². The second-order valence-electron chi connectivity index (χ2n) is 6.84. The Labute approximate surface area is 174 Å². The number of carbonyl (C=O) groups excluding carboxylic acids is 1. The number of hydrogen-bond acceptors (Lipinski definition) is 5. The van der Waals surface area contributed by atoms with Crippen LogP contribution < -0.4 is 10.9 Å². The van der Waals surface area contributed by atoms with Crippen LogP contribution in [0, 0.1) is 11.3 Å². The highest BCUT2D eigenvalue weighted by atomic mass is 16.5. The molecule has 0 bridgehead atoms. The van der Waals surface area contributed by atoms with Crippen LogP contribution in [0.25, 0.3) is 10.9 Å². The zero-order chi connectivity index (χ0) is 21.7. The van der Waals surface area contributed by atoms with E-state index in [2.05, 4.69) is 16.4 Å². The Hall–Kier alpha value is -3.70. The molecule has 1 unspecified atom stereocenters. The van der Waals surface area contributed by atoms with Crippen LogP contribution in [0.15, 0.2) is 53.3 Å². The molecule has 2 aromatic carbocycles. The number of aromatic nitrogens is 2. The summed E-state index contributed by atoms with van der Waals surface area (Å²) in [5, 5.41) is 12.4. The minimum absolute atomic E-state index is 0.170. The monoisotopic (exact) mass is 405 g/mol. The van der Waals surface area contributed by atoms with Crippen molar-refractivity contribution >= 4 is 22.6 Å². The van der Waals surface area contributed by atoms with Gasteiger partial charge in [0, 0.05) is 26.4 Å². The van der Waals surface area contributed by atoms with Crippen molar-refractivity contribution in [3.63, 3.8) is 0 Å². The van der Waals surface area contributed by atoms with Crippen molar-refractivity contribution in [2.24, 2.45) is 7.05 Å². The van der Waals surface area contributed by atoms with E-state index in [-0.39, 0.29) is 11.6 Å². The number of carbonyl (C=O) groups is 1. The van der Waals surface area contributed by atoms with E-state index in [1.807, 2.05) is 13.0 Å². The van der Waals surface area contributed by atoms with Crippen LogP contribution in [0.3, 0.4) is 0 Å². The zero-order valence-electron chi connectivity index (χ0n) is 17.1. The Morgan fingerprint density at radius 2 is 2.07 bits per heavy atom. The molecule has 0 spiro atoms. The van der Waals surface area contributed by atoms with Gasteiger partial charge in [0.15, 0.2) is 0 Å². The number of anilines is 1. The van der Waals surface area contributed by atoms with E-state index < -0.39 is 6.04 Å². The molecule has 0 saturated heterocycles. The number of para-hydroxylation sites is 1. The molecule has 1 N–H and O–H groups in total. The van der Waals surface area contributed by atoms with Crippen LogP contribution in [-0.4, -0.2) is 40.7 Å². The first-order valence-electron chi connectivity index (χ1n) is 9.48. The second kappa shape index (κ2) is 9.20. The number of rotatable bonds is 6. The fourth-order valence-corrected chi connectivity index (χ4v) is 3.27. The van der Waals surface area contributed by atoms with Crippen molar-refractivity contribution in [1.82, 2.24) is 14.5 Å². The lowest BCUT2D eigenvalue weighted by Crippen LogP contribution is -2.41.